The number of piperidine rings is 1. The Morgan fingerprint density at radius 1 is 1.11 bits per heavy atom. The lowest BCUT2D eigenvalue weighted by atomic mass is 10.0. The SMILES string of the molecule is Cl.O=C(CCCC1CCCC1)NC1CCNCC1. The monoisotopic (exact) mass is 274 g/mol. The van der Waals surface area contributed by atoms with Crippen molar-refractivity contribution in [2.24, 2.45) is 5.92 Å². The van der Waals surface area contributed by atoms with E-state index in [1.165, 1.54) is 32.1 Å². The maximum absolute atomic E-state index is 11.8. The Morgan fingerprint density at radius 2 is 1.78 bits per heavy atom. The molecule has 0 aromatic rings. The van der Waals surface area contributed by atoms with E-state index in [4.69, 9.17) is 0 Å². The van der Waals surface area contributed by atoms with Crippen molar-refractivity contribution in [1.29, 1.82) is 0 Å². The van der Waals surface area contributed by atoms with Crippen LogP contribution < -0.4 is 10.6 Å². The summed E-state index contributed by atoms with van der Waals surface area (Å²) < 4.78 is 0. The van der Waals surface area contributed by atoms with E-state index in [9.17, 15) is 4.79 Å². The van der Waals surface area contributed by atoms with Gasteiger partial charge < -0.3 is 10.6 Å². The number of hydrogen-bond acceptors (Lipinski definition) is 2. The van der Waals surface area contributed by atoms with Crippen LogP contribution in [0.3, 0.4) is 0 Å². The molecule has 0 atom stereocenters. The summed E-state index contributed by atoms with van der Waals surface area (Å²) in [5.74, 6) is 1.19. The van der Waals surface area contributed by atoms with Gasteiger partial charge in [-0.1, -0.05) is 25.7 Å². The largest absolute Gasteiger partial charge is 0.353 e. The van der Waals surface area contributed by atoms with E-state index in [2.05, 4.69) is 10.6 Å². The highest BCUT2D eigenvalue weighted by molar-refractivity contribution is 5.85. The summed E-state index contributed by atoms with van der Waals surface area (Å²) in [6, 6.07) is 0.426. The molecule has 106 valence electrons. The van der Waals surface area contributed by atoms with Gasteiger partial charge in [0.25, 0.3) is 0 Å². The molecule has 2 aliphatic rings. The van der Waals surface area contributed by atoms with Crippen molar-refractivity contribution in [1.82, 2.24) is 10.6 Å². The summed E-state index contributed by atoms with van der Waals surface area (Å²) in [4.78, 5) is 11.8. The fraction of sp³-hybridized carbons (Fsp3) is 0.929. The van der Waals surface area contributed by atoms with Gasteiger partial charge in [-0.15, -0.1) is 12.4 Å². The van der Waals surface area contributed by atoms with Gasteiger partial charge in [0.15, 0.2) is 0 Å². The number of amides is 1. The number of rotatable bonds is 5. The Labute approximate surface area is 117 Å². The van der Waals surface area contributed by atoms with Gasteiger partial charge in [-0.2, -0.15) is 0 Å². The molecule has 1 saturated heterocycles. The third kappa shape index (κ3) is 5.57. The molecule has 0 spiro atoms. The van der Waals surface area contributed by atoms with Crippen molar-refractivity contribution in [2.45, 2.75) is 63.8 Å². The summed E-state index contributed by atoms with van der Waals surface area (Å²) in [5, 5.41) is 6.48. The minimum absolute atomic E-state index is 0. The summed E-state index contributed by atoms with van der Waals surface area (Å²) in [7, 11) is 0. The average Bonchev–Trinajstić information content (AvgIpc) is 2.83. The highest BCUT2D eigenvalue weighted by Crippen LogP contribution is 2.28. The highest BCUT2D eigenvalue weighted by Gasteiger charge is 2.17. The minimum Gasteiger partial charge on any atom is -0.353 e. The van der Waals surface area contributed by atoms with Crippen LogP contribution in [0.1, 0.15) is 57.8 Å². The Balaban J connectivity index is 0.00000162. The zero-order chi connectivity index (χ0) is 11.9. The minimum atomic E-state index is 0. The Kier molecular flexibility index (Phi) is 7.68. The first-order valence-corrected chi connectivity index (χ1v) is 7.34. The third-order valence-corrected chi connectivity index (χ3v) is 4.20. The molecular weight excluding hydrogens is 248 g/mol. The maximum Gasteiger partial charge on any atom is 0.220 e. The van der Waals surface area contributed by atoms with E-state index < -0.39 is 0 Å². The first kappa shape index (κ1) is 15.8. The summed E-state index contributed by atoms with van der Waals surface area (Å²) in [5.41, 5.74) is 0. The average molecular weight is 275 g/mol. The number of carbonyl (C=O) groups is 1. The van der Waals surface area contributed by atoms with Crippen molar-refractivity contribution in [3.8, 4) is 0 Å². The van der Waals surface area contributed by atoms with Crippen LogP contribution in [0, 0.1) is 5.92 Å². The maximum atomic E-state index is 11.8. The molecule has 1 aliphatic heterocycles. The lowest BCUT2D eigenvalue weighted by Gasteiger charge is -2.23. The number of carbonyl (C=O) groups excluding carboxylic acids is 1. The van der Waals surface area contributed by atoms with Crippen LogP contribution in [0.2, 0.25) is 0 Å². The summed E-state index contributed by atoms with van der Waals surface area (Å²) in [6.45, 7) is 2.10. The second-order valence-corrected chi connectivity index (χ2v) is 5.63. The molecule has 4 heteroatoms. The molecule has 0 unspecified atom stereocenters. The first-order chi connectivity index (χ1) is 8.34. The van der Waals surface area contributed by atoms with Gasteiger partial charge in [0.2, 0.25) is 5.91 Å². The molecular formula is C14H27ClN2O. The van der Waals surface area contributed by atoms with Crippen LogP contribution in [0.4, 0.5) is 0 Å². The van der Waals surface area contributed by atoms with E-state index in [1.54, 1.807) is 0 Å². The molecule has 2 N–H and O–H groups in total. The molecule has 0 radical (unpaired) electrons. The van der Waals surface area contributed by atoms with E-state index in [1.807, 2.05) is 0 Å². The predicted octanol–water partition coefficient (Wildman–Crippen LogP) is 2.64. The van der Waals surface area contributed by atoms with Crippen molar-refractivity contribution >= 4 is 18.3 Å². The summed E-state index contributed by atoms with van der Waals surface area (Å²) in [6.07, 6.45) is 10.9. The standard InChI is InChI=1S/C14H26N2O.ClH/c17-14(16-13-8-10-15-11-9-13)7-3-6-12-4-1-2-5-12;/h12-13,15H,1-11H2,(H,16,17);1H. The van der Waals surface area contributed by atoms with Gasteiger partial charge in [-0.25, -0.2) is 0 Å². The molecule has 1 saturated carbocycles. The number of hydrogen-bond donors (Lipinski definition) is 2. The molecule has 2 fully saturated rings. The molecule has 0 aromatic heterocycles. The quantitative estimate of drug-likeness (QED) is 0.809. The van der Waals surface area contributed by atoms with Gasteiger partial charge in [0.1, 0.15) is 0 Å². The Bertz CT molecular complexity index is 236. The molecule has 2 rings (SSSR count). The normalized spacial score (nSPS) is 21.6. The molecule has 1 heterocycles. The van der Waals surface area contributed by atoms with Crippen molar-refractivity contribution in [3.63, 3.8) is 0 Å². The fourth-order valence-corrected chi connectivity index (χ4v) is 3.12. The molecule has 1 amide bonds. The van der Waals surface area contributed by atoms with Crippen LogP contribution in [-0.2, 0) is 4.79 Å². The Hall–Kier alpha value is -0.280. The fourth-order valence-electron chi connectivity index (χ4n) is 3.12. The predicted molar refractivity (Wildman–Crippen MR) is 77.1 cm³/mol. The lowest BCUT2D eigenvalue weighted by Crippen LogP contribution is -2.42. The topological polar surface area (TPSA) is 41.1 Å². The summed E-state index contributed by atoms with van der Waals surface area (Å²) >= 11 is 0. The van der Waals surface area contributed by atoms with E-state index >= 15 is 0 Å². The van der Waals surface area contributed by atoms with Crippen LogP contribution >= 0.6 is 12.4 Å². The molecule has 1 aliphatic carbocycles. The number of nitrogens with one attached hydrogen (secondary N) is 2. The molecule has 0 aromatic carbocycles. The zero-order valence-corrected chi connectivity index (χ0v) is 12.1. The zero-order valence-electron chi connectivity index (χ0n) is 11.2. The third-order valence-electron chi connectivity index (χ3n) is 4.20. The first-order valence-electron chi connectivity index (χ1n) is 7.34. The van der Waals surface area contributed by atoms with Crippen molar-refractivity contribution in [3.05, 3.63) is 0 Å². The second kappa shape index (κ2) is 8.76. The van der Waals surface area contributed by atoms with Gasteiger partial charge in [0.05, 0.1) is 0 Å². The van der Waals surface area contributed by atoms with E-state index in [0.29, 0.717) is 6.04 Å². The van der Waals surface area contributed by atoms with Crippen molar-refractivity contribution in [2.75, 3.05) is 13.1 Å². The molecule has 18 heavy (non-hydrogen) atoms. The second-order valence-electron chi connectivity index (χ2n) is 5.63. The highest BCUT2D eigenvalue weighted by atomic mass is 35.5. The van der Waals surface area contributed by atoms with Gasteiger partial charge in [-0.3, -0.25) is 4.79 Å². The van der Waals surface area contributed by atoms with E-state index in [-0.39, 0.29) is 18.3 Å². The van der Waals surface area contributed by atoms with Gasteiger partial charge >= 0.3 is 0 Å². The van der Waals surface area contributed by atoms with Crippen molar-refractivity contribution < 1.29 is 4.79 Å². The van der Waals surface area contributed by atoms with E-state index in [0.717, 1.165) is 44.7 Å². The van der Waals surface area contributed by atoms with Gasteiger partial charge in [0, 0.05) is 12.5 Å². The van der Waals surface area contributed by atoms with Crippen LogP contribution in [0.5, 0.6) is 0 Å². The van der Waals surface area contributed by atoms with Crippen LogP contribution in [-0.4, -0.2) is 25.0 Å². The van der Waals surface area contributed by atoms with Gasteiger partial charge in [-0.05, 0) is 44.7 Å². The van der Waals surface area contributed by atoms with Crippen LogP contribution in [0.25, 0.3) is 0 Å². The molecule has 3 nitrogen and oxygen atoms in total. The smallest absolute Gasteiger partial charge is 0.220 e. The lowest BCUT2D eigenvalue weighted by molar-refractivity contribution is -0.122. The van der Waals surface area contributed by atoms with Crippen LogP contribution in [0.15, 0.2) is 0 Å². The number of halogens is 1. The Morgan fingerprint density at radius 3 is 2.44 bits per heavy atom. The molecule has 0 bridgehead atoms.